The van der Waals surface area contributed by atoms with E-state index in [4.69, 9.17) is 0 Å². The highest BCUT2D eigenvalue weighted by atomic mass is 79.9. The van der Waals surface area contributed by atoms with Crippen molar-refractivity contribution in [1.29, 1.82) is 0 Å². The highest BCUT2D eigenvalue weighted by molar-refractivity contribution is 9.10. The Morgan fingerprint density at radius 3 is 2.50 bits per heavy atom. The van der Waals surface area contributed by atoms with E-state index in [-0.39, 0.29) is 5.54 Å². The van der Waals surface area contributed by atoms with Gasteiger partial charge in [-0.05, 0) is 63.0 Å². The Labute approximate surface area is 132 Å². The van der Waals surface area contributed by atoms with E-state index in [0.717, 1.165) is 38.0 Å². The van der Waals surface area contributed by atoms with E-state index in [2.05, 4.69) is 77.8 Å². The van der Waals surface area contributed by atoms with Gasteiger partial charge in [-0.3, -0.25) is 4.68 Å². The maximum atomic E-state index is 4.62. The van der Waals surface area contributed by atoms with Crippen molar-refractivity contribution in [3.63, 3.8) is 0 Å². The van der Waals surface area contributed by atoms with E-state index in [1.807, 2.05) is 0 Å². The lowest BCUT2D eigenvalue weighted by Gasteiger charge is -2.19. The Morgan fingerprint density at radius 1 is 1.25 bits per heavy atom. The molecule has 0 spiro atoms. The molecule has 0 fully saturated rings. The molecule has 1 heterocycles. The van der Waals surface area contributed by atoms with Crippen molar-refractivity contribution in [3.8, 4) is 0 Å². The van der Waals surface area contributed by atoms with Crippen LogP contribution in [0.25, 0.3) is 0 Å². The van der Waals surface area contributed by atoms with Crippen LogP contribution in [0.15, 0.2) is 16.6 Å². The molecular formula is C16H28BrN3. The van der Waals surface area contributed by atoms with Crippen molar-refractivity contribution in [2.45, 2.75) is 66.0 Å². The second kappa shape index (κ2) is 7.99. The first-order chi connectivity index (χ1) is 9.39. The minimum atomic E-state index is 0.202. The average Bonchev–Trinajstić information content (AvgIpc) is 2.68. The third-order valence-corrected chi connectivity index (χ3v) is 4.05. The molecule has 0 atom stereocenters. The summed E-state index contributed by atoms with van der Waals surface area (Å²) in [5.41, 5.74) is 2.64. The molecule has 1 N–H and O–H groups in total. The summed E-state index contributed by atoms with van der Waals surface area (Å²) >= 11 is 3.68. The first-order valence-corrected chi connectivity index (χ1v) is 8.32. The number of hydrogen-bond acceptors (Lipinski definition) is 2. The molecule has 1 aromatic heterocycles. The van der Waals surface area contributed by atoms with Crippen LogP contribution in [0.2, 0.25) is 0 Å². The molecule has 3 nitrogen and oxygen atoms in total. The molecule has 20 heavy (non-hydrogen) atoms. The summed E-state index contributed by atoms with van der Waals surface area (Å²) in [6, 6.07) is 0. The van der Waals surface area contributed by atoms with Crippen LogP contribution >= 0.6 is 15.9 Å². The molecule has 0 saturated carbocycles. The maximum absolute atomic E-state index is 4.62. The Morgan fingerprint density at radius 2 is 1.95 bits per heavy atom. The van der Waals surface area contributed by atoms with Crippen molar-refractivity contribution in [2.75, 3.05) is 6.54 Å². The fourth-order valence-electron chi connectivity index (χ4n) is 2.06. The second-order valence-electron chi connectivity index (χ2n) is 6.02. The zero-order valence-electron chi connectivity index (χ0n) is 13.5. The van der Waals surface area contributed by atoms with E-state index in [1.54, 1.807) is 0 Å². The molecule has 0 aliphatic carbocycles. The van der Waals surface area contributed by atoms with Gasteiger partial charge in [-0.25, -0.2) is 0 Å². The van der Waals surface area contributed by atoms with E-state index in [1.165, 1.54) is 10.2 Å². The van der Waals surface area contributed by atoms with Crippen molar-refractivity contribution in [3.05, 3.63) is 28.0 Å². The normalized spacial score (nSPS) is 12.5. The van der Waals surface area contributed by atoms with Gasteiger partial charge in [0, 0.05) is 18.5 Å². The maximum Gasteiger partial charge on any atom is 0.0766 e. The van der Waals surface area contributed by atoms with Gasteiger partial charge >= 0.3 is 0 Å². The summed E-state index contributed by atoms with van der Waals surface area (Å²) in [5, 5.41) is 8.11. The van der Waals surface area contributed by atoms with Crippen LogP contribution in [0.1, 0.15) is 52.4 Å². The average molecular weight is 342 g/mol. The van der Waals surface area contributed by atoms with E-state index in [9.17, 15) is 0 Å². The van der Waals surface area contributed by atoms with Crippen LogP contribution in [0.4, 0.5) is 0 Å². The summed E-state index contributed by atoms with van der Waals surface area (Å²) in [7, 11) is 0. The summed E-state index contributed by atoms with van der Waals surface area (Å²) in [4.78, 5) is 0. The number of aryl methyl sites for hydroxylation is 2. The lowest BCUT2D eigenvalue weighted by atomic mass is 10.1. The van der Waals surface area contributed by atoms with Gasteiger partial charge in [-0.1, -0.05) is 19.1 Å². The molecule has 0 amide bonds. The Kier molecular flexibility index (Phi) is 6.96. The summed E-state index contributed by atoms with van der Waals surface area (Å²) in [6.07, 6.45) is 7.48. The molecule has 4 heteroatoms. The fourth-order valence-corrected chi connectivity index (χ4v) is 2.78. The number of hydrogen-bond donors (Lipinski definition) is 1. The summed E-state index contributed by atoms with van der Waals surface area (Å²) < 4.78 is 3.28. The van der Waals surface area contributed by atoms with E-state index < -0.39 is 0 Å². The SMILES string of the molecule is CCc1nn(CC)c(CC=CCCNC(C)(C)C)c1Br. The zero-order chi connectivity index (χ0) is 15.2. The van der Waals surface area contributed by atoms with Crippen molar-refractivity contribution in [1.82, 2.24) is 15.1 Å². The molecule has 0 saturated heterocycles. The highest BCUT2D eigenvalue weighted by Gasteiger charge is 2.12. The molecule has 114 valence electrons. The van der Waals surface area contributed by atoms with Gasteiger partial charge in [-0.15, -0.1) is 0 Å². The molecule has 1 rings (SSSR count). The predicted octanol–water partition coefficient (Wildman–Crippen LogP) is 4.10. The minimum absolute atomic E-state index is 0.202. The number of rotatable bonds is 7. The number of aromatic nitrogens is 2. The monoisotopic (exact) mass is 341 g/mol. The smallest absolute Gasteiger partial charge is 0.0766 e. The van der Waals surface area contributed by atoms with E-state index >= 15 is 0 Å². The molecule has 0 aliphatic rings. The third kappa shape index (κ3) is 5.41. The number of nitrogens with zero attached hydrogens (tertiary/aromatic N) is 2. The van der Waals surface area contributed by atoms with Crippen LogP contribution in [-0.4, -0.2) is 21.9 Å². The van der Waals surface area contributed by atoms with E-state index in [0.29, 0.717) is 0 Å². The number of allylic oxidation sites excluding steroid dienone is 1. The number of nitrogens with one attached hydrogen (secondary N) is 1. The molecule has 0 radical (unpaired) electrons. The van der Waals surface area contributed by atoms with Gasteiger partial charge in [0.25, 0.3) is 0 Å². The van der Waals surface area contributed by atoms with Gasteiger partial charge in [0.1, 0.15) is 0 Å². The first-order valence-electron chi connectivity index (χ1n) is 7.53. The fraction of sp³-hybridized carbons (Fsp3) is 0.688. The minimum Gasteiger partial charge on any atom is -0.312 e. The topological polar surface area (TPSA) is 29.9 Å². The van der Waals surface area contributed by atoms with Crippen LogP contribution < -0.4 is 5.32 Å². The molecule has 0 bridgehead atoms. The lowest BCUT2D eigenvalue weighted by Crippen LogP contribution is -2.36. The summed E-state index contributed by atoms with van der Waals surface area (Å²) in [6.45, 7) is 12.8. The molecule has 0 aromatic carbocycles. The van der Waals surface area contributed by atoms with Gasteiger partial charge in [0.05, 0.1) is 15.9 Å². The van der Waals surface area contributed by atoms with Crippen LogP contribution in [0.5, 0.6) is 0 Å². The van der Waals surface area contributed by atoms with Crippen LogP contribution in [0, 0.1) is 0 Å². The summed E-state index contributed by atoms with van der Waals surface area (Å²) in [5.74, 6) is 0. The molecular weight excluding hydrogens is 314 g/mol. The van der Waals surface area contributed by atoms with Crippen LogP contribution in [0.3, 0.4) is 0 Å². The third-order valence-electron chi connectivity index (χ3n) is 3.14. The van der Waals surface area contributed by atoms with Crippen molar-refractivity contribution < 1.29 is 0 Å². The van der Waals surface area contributed by atoms with Gasteiger partial charge in [0.15, 0.2) is 0 Å². The predicted molar refractivity (Wildman–Crippen MR) is 90.2 cm³/mol. The highest BCUT2D eigenvalue weighted by Crippen LogP contribution is 2.23. The molecule has 0 aliphatic heterocycles. The largest absolute Gasteiger partial charge is 0.312 e. The second-order valence-corrected chi connectivity index (χ2v) is 6.81. The number of halogens is 1. The lowest BCUT2D eigenvalue weighted by molar-refractivity contribution is 0.431. The van der Waals surface area contributed by atoms with Gasteiger partial charge < -0.3 is 5.32 Å². The molecule has 1 aromatic rings. The Hall–Kier alpha value is -0.610. The first kappa shape index (κ1) is 17.4. The van der Waals surface area contributed by atoms with Crippen molar-refractivity contribution in [2.24, 2.45) is 0 Å². The standard InChI is InChI=1S/C16H28BrN3/c1-6-13-15(17)14(20(7-2)19-13)11-9-8-10-12-18-16(3,4)5/h8-9,18H,6-7,10-12H2,1-5H3. The quantitative estimate of drug-likeness (QED) is 0.597. The van der Waals surface area contributed by atoms with Gasteiger partial charge in [-0.2, -0.15) is 5.10 Å². The Bertz CT molecular complexity index is 441. The molecule has 0 unspecified atom stereocenters. The van der Waals surface area contributed by atoms with Crippen LogP contribution in [-0.2, 0) is 19.4 Å². The van der Waals surface area contributed by atoms with Gasteiger partial charge in [0.2, 0.25) is 0 Å². The van der Waals surface area contributed by atoms with Crippen molar-refractivity contribution >= 4 is 15.9 Å². The zero-order valence-corrected chi connectivity index (χ0v) is 15.0. The Balaban J connectivity index is 2.51.